The number of aromatic nitrogens is 3. The summed E-state index contributed by atoms with van der Waals surface area (Å²) in [6.45, 7) is 2.85. The number of benzene rings is 2. The Kier molecular flexibility index (Phi) is 6.18. The Labute approximate surface area is 176 Å². The van der Waals surface area contributed by atoms with E-state index in [-0.39, 0.29) is 5.91 Å². The first kappa shape index (κ1) is 19.8. The molecule has 1 N–H and O–H groups in total. The van der Waals surface area contributed by atoms with Crippen LogP contribution in [0.4, 0.5) is 0 Å². The van der Waals surface area contributed by atoms with Gasteiger partial charge in [0.15, 0.2) is 5.65 Å². The van der Waals surface area contributed by atoms with Gasteiger partial charge in [0.25, 0.3) is 5.91 Å². The van der Waals surface area contributed by atoms with Gasteiger partial charge in [0, 0.05) is 29.9 Å². The van der Waals surface area contributed by atoms with Gasteiger partial charge in [0.05, 0.1) is 17.0 Å². The van der Waals surface area contributed by atoms with Crippen molar-refractivity contribution in [3.05, 3.63) is 78.5 Å². The summed E-state index contributed by atoms with van der Waals surface area (Å²) in [5.41, 5.74) is 4.79. The Morgan fingerprint density at radius 3 is 2.33 bits per heavy atom. The van der Waals surface area contributed by atoms with Gasteiger partial charge in [-0.05, 0) is 6.42 Å². The average Bonchev–Trinajstić information content (AvgIpc) is 3.24. The van der Waals surface area contributed by atoms with E-state index in [2.05, 4.69) is 17.2 Å². The van der Waals surface area contributed by atoms with E-state index in [1.807, 2.05) is 66.7 Å². The monoisotopic (exact) mass is 398 g/mol. The predicted molar refractivity (Wildman–Crippen MR) is 120 cm³/mol. The normalized spacial score (nSPS) is 11.0. The molecule has 30 heavy (non-hydrogen) atoms. The first-order valence-corrected chi connectivity index (χ1v) is 10.6. The SMILES string of the molecule is CCCCCCNC(=O)c1cnc2cc(-c3ccccc3)nn2c1-c1ccccc1. The standard InChI is InChI=1S/C25H26N4O/c1-2-3-4-11-16-26-25(30)21-18-27-23-17-22(19-12-7-5-8-13-19)28-29(23)24(21)20-14-9-6-10-15-20/h5-10,12-15,17-18H,2-4,11,16H2,1H3,(H,26,30). The Balaban J connectivity index is 1.73. The van der Waals surface area contributed by atoms with Crippen molar-refractivity contribution in [1.29, 1.82) is 0 Å². The van der Waals surface area contributed by atoms with Gasteiger partial charge in [0.2, 0.25) is 0 Å². The molecule has 152 valence electrons. The zero-order valence-electron chi connectivity index (χ0n) is 17.2. The Bertz CT molecular complexity index is 1120. The number of rotatable bonds is 8. The van der Waals surface area contributed by atoms with Crippen molar-refractivity contribution >= 4 is 11.6 Å². The van der Waals surface area contributed by atoms with Crippen LogP contribution in [0, 0.1) is 0 Å². The lowest BCUT2D eigenvalue weighted by Crippen LogP contribution is -2.26. The Morgan fingerprint density at radius 2 is 1.63 bits per heavy atom. The highest BCUT2D eigenvalue weighted by Crippen LogP contribution is 2.27. The molecule has 0 saturated heterocycles. The van der Waals surface area contributed by atoms with Gasteiger partial charge in [-0.2, -0.15) is 5.10 Å². The van der Waals surface area contributed by atoms with Gasteiger partial charge < -0.3 is 5.32 Å². The van der Waals surface area contributed by atoms with E-state index in [0.29, 0.717) is 17.8 Å². The largest absolute Gasteiger partial charge is 0.352 e. The van der Waals surface area contributed by atoms with Crippen molar-refractivity contribution in [3.63, 3.8) is 0 Å². The van der Waals surface area contributed by atoms with E-state index in [4.69, 9.17) is 5.10 Å². The third kappa shape index (κ3) is 4.25. The van der Waals surface area contributed by atoms with Crippen molar-refractivity contribution in [3.8, 4) is 22.5 Å². The van der Waals surface area contributed by atoms with Gasteiger partial charge in [-0.25, -0.2) is 9.50 Å². The average molecular weight is 399 g/mol. The van der Waals surface area contributed by atoms with Crippen LogP contribution in [0.15, 0.2) is 72.9 Å². The molecule has 2 aromatic heterocycles. The molecule has 4 aromatic rings. The number of nitrogens with one attached hydrogen (secondary N) is 1. The van der Waals surface area contributed by atoms with Gasteiger partial charge in [-0.3, -0.25) is 4.79 Å². The number of fused-ring (bicyclic) bond motifs is 1. The molecule has 5 heteroatoms. The molecule has 0 aliphatic carbocycles. The van der Waals surface area contributed by atoms with Crippen LogP contribution in [0.2, 0.25) is 0 Å². The minimum Gasteiger partial charge on any atom is -0.352 e. The number of hydrogen-bond donors (Lipinski definition) is 1. The van der Waals surface area contributed by atoms with Crippen LogP contribution in [0.25, 0.3) is 28.2 Å². The third-order valence-electron chi connectivity index (χ3n) is 5.16. The van der Waals surface area contributed by atoms with Crippen molar-refractivity contribution in [2.75, 3.05) is 6.54 Å². The molecule has 0 radical (unpaired) electrons. The highest BCUT2D eigenvalue weighted by Gasteiger charge is 2.19. The maximum Gasteiger partial charge on any atom is 0.255 e. The summed E-state index contributed by atoms with van der Waals surface area (Å²) < 4.78 is 1.78. The van der Waals surface area contributed by atoms with Crippen LogP contribution < -0.4 is 5.32 Å². The van der Waals surface area contributed by atoms with E-state index >= 15 is 0 Å². The molecule has 0 atom stereocenters. The Morgan fingerprint density at radius 1 is 0.933 bits per heavy atom. The molecule has 0 aliphatic rings. The molecule has 5 nitrogen and oxygen atoms in total. The lowest BCUT2D eigenvalue weighted by Gasteiger charge is -2.12. The van der Waals surface area contributed by atoms with Crippen LogP contribution in [0.5, 0.6) is 0 Å². The van der Waals surface area contributed by atoms with Gasteiger partial charge in [0.1, 0.15) is 0 Å². The minimum atomic E-state index is -0.114. The van der Waals surface area contributed by atoms with Crippen LogP contribution in [-0.4, -0.2) is 27.0 Å². The number of unbranched alkanes of at least 4 members (excludes halogenated alkanes) is 3. The zero-order valence-corrected chi connectivity index (χ0v) is 17.2. The number of carbonyl (C=O) groups excluding carboxylic acids is 1. The van der Waals surface area contributed by atoms with Crippen molar-refractivity contribution < 1.29 is 4.79 Å². The van der Waals surface area contributed by atoms with Gasteiger partial charge in [-0.1, -0.05) is 86.8 Å². The smallest absolute Gasteiger partial charge is 0.255 e. The van der Waals surface area contributed by atoms with Crippen LogP contribution in [0.1, 0.15) is 43.0 Å². The van der Waals surface area contributed by atoms with E-state index in [1.165, 1.54) is 12.8 Å². The first-order valence-electron chi connectivity index (χ1n) is 10.6. The number of hydrogen-bond acceptors (Lipinski definition) is 3. The predicted octanol–water partition coefficient (Wildman–Crippen LogP) is 5.37. The summed E-state index contributed by atoms with van der Waals surface area (Å²) in [5, 5.41) is 7.85. The molecule has 0 unspecified atom stereocenters. The van der Waals surface area contributed by atoms with E-state index in [9.17, 15) is 4.79 Å². The summed E-state index contributed by atoms with van der Waals surface area (Å²) in [4.78, 5) is 17.5. The second-order valence-electron chi connectivity index (χ2n) is 7.37. The molecule has 2 heterocycles. The summed E-state index contributed by atoms with van der Waals surface area (Å²) in [6, 6.07) is 21.9. The lowest BCUT2D eigenvalue weighted by atomic mass is 10.1. The minimum absolute atomic E-state index is 0.114. The number of nitrogens with zero attached hydrogens (tertiary/aromatic N) is 3. The van der Waals surface area contributed by atoms with Gasteiger partial charge in [-0.15, -0.1) is 0 Å². The highest BCUT2D eigenvalue weighted by molar-refractivity contribution is 6.00. The maximum absolute atomic E-state index is 13.0. The molecule has 2 aromatic carbocycles. The third-order valence-corrected chi connectivity index (χ3v) is 5.16. The fourth-order valence-electron chi connectivity index (χ4n) is 3.57. The molecule has 0 saturated carbocycles. The van der Waals surface area contributed by atoms with Crippen LogP contribution >= 0.6 is 0 Å². The second kappa shape index (κ2) is 9.35. The molecule has 1 amide bonds. The summed E-state index contributed by atoms with van der Waals surface area (Å²) in [5.74, 6) is -0.114. The van der Waals surface area contributed by atoms with E-state index in [1.54, 1.807) is 10.7 Å². The Hall–Kier alpha value is -3.47. The lowest BCUT2D eigenvalue weighted by molar-refractivity contribution is 0.0952. The first-order chi connectivity index (χ1) is 14.8. The molecular formula is C25H26N4O. The topological polar surface area (TPSA) is 59.3 Å². The highest BCUT2D eigenvalue weighted by atomic mass is 16.1. The van der Waals surface area contributed by atoms with Gasteiger partial charge >= 0.3 is 0 Å². The van der Waals surface area contributed by atoms with Crippen molar-refractivity contribution in [1.82, 2.24) is 19.9 Å². The fraction of sp³-hybridized carbons (Fsp3) is 0.240. The van der Waals surface area contributed by atoms with Crippen LogP contribution in [0.3, 0.4) is 0 Å². The quantitative estimate of drug-likeness (QED) is 0.406. The van der Waals surface area contributed by atoms with Crippen LogP contribution in [-0.2, 0) is 0 Å². The summed E-state index contributed by atoms with van der Waals surface area (Å²) >= 11 is 0. The second-order valence-corrected chi connectivity index (χ2v) is 7.37. The van der Waals surface area contributed by atoms with E-state index < -0.39 is 0 Å². The van der Waals surface area contributed by atoms with E-state index in [0.717, 1.165) is 35.4 Å². The molecular weight excluding hydrogens is 372 g/mol. The molecule has 4 rings (SSSR count). The van der Waals surface area contributed by atoms with Crippen molar-refractivity contribution in [2.24, 2.45) is 0 Å². The number of amides is 1. The molecule has 0 aliphatic heterocycles. The zero-order chi connectivity index (χ0) is 20.8. The fourth-order valence-corrected chi connectivity index (χ4v) is 3.57. The molecule has 0 fully saturated rings. The summed E-state index contributed by atoms with van der Waals surface area (Å²) in [7, 11) is 0. The molecule has 0 spiro atoms. The number of carbonyl (C=O) groups is 1. The summed E-state index contributed by atoms with van der Waals surface area (Å²) in [6.07, 6.45) is 6.13. The maximum atomic E-state index is 13.0. The molecule has 0 bridgehead atoms. The van der Waals surface area contributed by atoms with Crippen molar-refractivity contribution in [2.45, 2.75) is 32.6 Å².